The molecule has 0 bridgehead atoms. The van der Waals surface area contributed by atoms with Crippen LogP contribution in [0.3, 0.4) is 0 Å². The highest BCUT2D eigenvalue weighted by Crippen LogP contribution is 2.20. The third-order valence-electron chi connectivity index (χ3n) is 3.93. The molecule has 5 nitrogen and oxygen atoms in total. The number of hydrogen-bond acceptors (Lipinski definition) is 3. The standard InChI is InChI=1S/C12H24N2O3S/c15-12-8-4-3-7-11(12)13-18(16,17)14-9-5-1-2-6-10-14/h11-13,15H,1-10H2/t11-,12-/m1/s1. The van der Waals surface area contributed by atoms with Gasteiger partial charge in [0.15, 0.2) is 0 Å². The van der Waals surface area contributed by atoms with Crippen LogP contribution in [0.4, 0.5) is 0 Å². The molecule has 0 aromatic heterocycles. The first-order valence-corrected chi connectivity index (χ1v) is 8.49. The van der Waals surface area contributed by atoms with E-state index in [1.54, 1.807) is 4.31 Å². The Labute approximate surface area is 110 Å². The lowest BCUT2D eigenvalue weighted by atomic mass is 9.93. The minimum absolute atomic E-state index is 0.299. The number of rotatable bonds is 3. The smallest absolute Gasteiger partial charge is 0.279 e. The molecule has 2 fully saturated rings. The highest BCUT2D eigenvalue weighted by atomic mass is 32.2. The Kier molecular flexibility index (Phi) is 5.00. The van der Waals surface area contributed by atoms with Gasteiger partial charge in [-0.05, 0) is 25.7 Å². The van der Waals surface area contributed by atoms with Gasteiger partial charge in [-0.25, -0.2) is 0 Å². The molecule has 1 aliphatic heterocycles. The van der Waals surface area contributed by atoms with E-state index in [1.807, 2.05) is 0 Å². The molecule has 2 rings (SSSR count). The van der Waals surface area contributed by atoms with E-state index in [1.165, 1.54) is 0 Å². The zero-order chi connectivity index (χ0) is 13.0. The Morgan fingerprint density at radius 2 is 1.56 bits per heavy atom. The molecule has 106 valence electrons. The van der Waals surface area contributed by atoms with Crippen LogP contribution in [0.25, 0.3) is 0 Å². The van der Waals surface area contributed by atoms with Gasteiger partial charge in [-0.1, -0.05) is 25.7 Å². The van der Waals surface area contributed by atoms with Gasteiger partial charge in [0.05, 0.1) is 6.10 Å². The first-order valence-electron chi connectivity index (χ1n) is 7.05. The van der Waals surface area contributed by atoms with Crippen LogP contribution in [0.5, 0.6) is 0 Å². The lowest BCUT2D eigenvalue weighted by Gasteiger charge is -2.30. The highest BCUT2D eigenvalue weighted by molar-refractivity contribution is 7.87. The van der Waals surface area contributed by atoms with Crippen LogP contribution in [0.2, 0.25) is 0 Å². The largest absolute Gasteiger partial charge is 0.391 e. The lowest BCUT2D eigenvalue weighted by molar-refractivity contribution is 0.100. The molecule has 0 spiro atoms. The van der Waals surface area contributed by atoms with E-state index in [2.05, 4.69) is 4.72 Å². The van der Waals surface area contributed by atoms with Crippen LogP contribution in [0.15, 0.2) is 0 Å². The maximum atomic E-state index is 12.3. The maximum absolute atomic E-state index is 12.3. The van der Waals surface area contributed by atoms with Crippen molar-refractivity contribution in [1.29, 1.82) is 0 Å². The van der Waals surface area contributed by atoms with E-state index in [0.717, 1.165) is 44.9 Å². The second-order valence-electron chi connectivity index (χ2n) is 5.39. The molecule has 0 radical (unpaired) electrons. The van der Waals surface area contributed by atoms with Crippen LogP contribution in [0, 0.1) is 0 Å². The fourth-order valence-corrected chi connectivity index (χ4v) is 4.34. The van der Waals surface area contributed by atoms with Gasteiger partial charge in [-0.2, -0.15) is 17.4 Å². The van der Waals surface area contributed by atoms with E-state index in [9.17, 15) is 13.5 Å². The summed E-state index contributed by atoms with van der Waals surface area (Å²) in [6.07, 6.45) is 6.99. The molecule has 6 heteroatoms. The number of nitrogens with one attached hydrogen (secondary N) is 1. The minimum Gasteiger partial charge on any atom is -0.391 e. The van der Waals surface area contributed by atoms with Gasteiger partial charge in [0, 0.05) is 19.1 Å². The molecule has 0 amide bonds. The summed E-state index contributed by atoms with van der Waals surface area (Å²) < 4.78 is 28.7. The summed E-state index contributed by atoms with van der Waals surface area (Å²) in [5.41, 5.74) is 0. The topological polar surface area (TPSA) is 69.6 Å². The molecular formula is C12H24N2O3S. The fourth-order valence-electron chi connectivity index (χ4n) is 2.80. The molecule has 1 saturated heterocycles. The second-order valence-corrected chi connectivity index (χ2v) is 7.10. The van der Waals surface area contributed by atoms with Crippen LogP contribution in [-0.2, 0) is 10.2 Å². The van der Waals surface area contributed by atoms with Crippen molar-refractivity contribution in [2.45, 2.75) is 63.5 Å². The van der Waals surface area contributed by atoms with Crippen LogP contribution >= 0.6 is 0 Å². The molecule has 2 atom stereocenters. The van der Waals surface area contributed by atoms with Crippen molar-refractivity contribution >= 4 is 10.2 Å². The summed E-state index contributed by atoms with van der Waals surface area (Å²) in [5.74, 6) is 0. The van der Waals surface area contributed by atoms with Crippen molar-refractivity contribution in [2.75, 3.05) is 13.1 Å². The third kappa shape index (κ3) is 3.66. The average molecular weight is 276 g/mol. The monoisotopic (exact) mass is 276 g/mol. The van der Waals surface area contributed by atoms with Crippen molar-refractivity contribution in [3.05, 3.63) is 0 Å². The molecular weight excluding hydrogens is 252 g/mol. The number of aliphatic hydroxyl groups is 1. The number of nitrogens with zero attached hydrogens (tertiary/aromatic N) is 1. The summed E-state index contributed by atoms with van der Waals surface area (Å²) in [5, 5.41) is 9.84. The summed E-state index contributed by atoms with van der Waals surface area (Å²) in [7, 11) is -3.42. The van der Waals surface area contributed by atoms with Gasteiger partial charge in [0.1, 0.15) is 0 Å². The second kappa shape index (κ2) is 6.32. The molecule has 1 aliphatic carbocycles. The lowest BCUT2D eigenvalue weighted by Crippen LogP contribution is -2.50. The summed E-state index contributed by atoms with van der Waals surface area (Å²) >= 11 is 0. The Balaban J connectivity index is 1.96. The quantitative estimate of drug-likeness (QED) is 0.808. The van der Waals surface area contributed by atoms with Gasteiger partial charge in [-0.3, -0.25) is 0 Å². The van der Waals surface area contributed by atoms with Crippen molar-refractivity contribution in [2.24, 2.45) is 0 Å². The molecule has 2 aliphatic rings. The Bertz CT molecular complexity index is 350. The van der Waals surface area contributed by atoms with Gasteiger partial charge in [0.2, 0.25) is 0 Å². The average Bonchev–Trinajstić information content (AvgIpc) is 2.61. The maximum Gasteiger partial charge on any atom is 0.279 e. The Hall–Kier alpha value is -0.170. The zero-order valence-electron chi connectivity index (χ0n) is 10.8. The van der Waals surface area contributed by atoms with Crippen molar-refractivity contribution in [1.82, 2.24) is 9.03 Å². The summed E-state index contributed by atoms with van der Waals surface area (Å²) in [4.78, 5) is 0. The van der Waals surface area contributed by atoms with Crippen LogP contribution < -0.4 is 4.72 Å². The molecule has 0 aromatic rings. The van der Waals surface area contributed by atoms with E-state index >= 15 is 0 Å². The van der Waals surface area contributed by atoms with Gasteiger partial charge >= 0.3 is 0 Å². The van der Waals surface area contributed by atoms with Crippen LogP contribution in [0.1, 0.15) is 51.4 Å². The first kappa shape index (κ1) is 14.2. The Morgan fingerprint density at radius 3 is 2.17 bits per heavy atom. The van der Waals surface area contributed by atoms with E-state index < -0.39 is 16.3 Å². The van der Waals surface area contributed by atoms with Crippen molar-refractivity contribution < 1.29 is 13.5 Å². The third-order valence-corrected chi connectivity index (χ3v) is 5.58. The molecule has 1 saturated carbocycles. The summed E-state index contributed by atoms with van der Waals surface area (Å²) in [6.45, 7) is 1.22. The molecule has 2 N–H and O–H groups in total. The van der Waals surface area contributed by atoms with E-state index in [-0.39, 0.29) is 6.04 Å². The molecule has 18 heavy (non-hydrogen) atoms. The SMILES string of the molecule is O=S(=O)(N[C@@H]1CCCC[C@H]1O)N1CCCCCC1. The molecule has 0 aromatic carbocycles. The molecule has 0 unspecified atom stereocenters. The highest BCUT2D eigenvalue weighted by Gasteiger charge is 2.30. The van der Waals surface area contributed by atoms with Gasteiger partial charge in [0.25, 0.3) is 10.2 Å². The van der Waals surface area contributed by atoms with Crippen molar-refractivity contribution in [3.8, 4) is 0 Å². The van der Waals surface area contributed by atoms with E-state index in [0.29, 0.717) is 19.5 Å². The first-order chi connectivity index (χ1) is 8.59. The number of aliphatic hydroxyl groups excluding tert-OH is 1. The normalized spacial score (nSPS) is 32.1. The minimum atomic E-state index is -3.42. The predicted octanol–water partition coefficient (Wildman–Crippen LogP) is 1.00. The Morgan fingerprint density at radius 1 is 0.944 bits per heavy atom. The van der Waals surface area contributed by atoms with Crippen LogP contribution in [-0.4, -0.2) is 43.1 Å². The zero-order valence-corrected chi connectivity index (χ0v) is 11.7. The van der Waals surface area contributed by atoms with Crippen molar-refractivity contribution in [3.63, 3.8) is 0 Å². The van der Waals surface area contributed by atoms with Gasteiger partial charge in [-0.15, -0.1) is 0 Å². The predicted molar refractivity (Wildman–Crippen MR) is 70.4 cm³/mol. The van der Waals surface area contributed by atoms with E-state index in [4.69, 9.17) is 0 Å². The fraction of sp³-hybridized carbons (Fsp3) is 1.00. The van der Waals surface area contributed by atoms with Gasteiger partial charge < -0.3 is 5.11 Å². The number of hydrogen-bond donors (Lipinski definition) is 2. The molecule has 1 heterocycles. The summed E-state index contributed by atoms with van der Waals surface area (Å²) in [6, 6.07) is -0.299.